The molecular weight excluding hydrogens is 287 g/mol. The minimum Gasteiger partial charge on any atom is -0.494 e. The molecule has 1 saturated heterocycles. The fraction of sp³-hybridized carbons (Fsp3) is 0.467. The molecule has 0 radical (unpaired) electrons. The number of hydrogen-bond acceptors (Lipinski definition) is 5. The van der Waals surface area contributed by atoms with Gasteiger partial charge in [0, 0.05) is 26.7 Å². The fourth-order valence-corrected chi connectivity index (χ4v) is 2.65. The van der Waals surface area contributed by atoms with Crippen LogP contribution < -0.4 is 4.74 Å². The molecule has 6 nitrogen and oxygen atoms in total. The highest BCUT2D eigenvalue weighted by atomic mass is 19.1. The molecular formula is C15H19FN4O2. The Morgan fingerprint density at radius 3 is 3.00 bits per heavy atom. The molecule has 3 rings (SSSR count). The zero-order valence-corrected chi connectivity index (χ0v) is 12.7. The summed E-state index contributed by atoms with van der Waals surface area (Å²) in [5.41, 5.74) is 0.914. The summed E-state index contributed by atoms with van der Waals surface area (Å²) in [6.45, 7) is 2.80. The van der Waals surface area contributed by atoms with Gasteiger partial charge in [0.05, 0.1) is 13.7 Å². The molecule has 0 spiro atoms. The summed E-state index contributed by atoms with van der Waals surface area (Å²) >= 11 is 0. The Morgan fingerprint density at radius 1 is 1.45 bits per heavy atom. The van der Waals surface area contributed by atoms with E-state index in [0.29, 0.717) is 19.7 Å². The Balaban J connectivity index is 1.68. The average Bonchev–Trinajstić information content (AvgIpc) is 2.94. The molecule has 0 bridgehead atoms. The maximum absolute atomic E-state index is 13.8. The van der Waals surface area contributed by atoms with Crippen LogP contribution in [0.5, 0.6) is 5.75 Å². The molecule has 2 heterocycles. The summed E-state index contributed by atoms with van der Waals surface area (Å²) in [5.74, 6) is 0.742. The number of hydrogen-bond donors (Lipinski definition) is 0. The topological polar surface area (TPSA) is 52.4 Å². The van der Waals surface area contributed by atoms with Crippen LogP contribution in [0.4, 0.5) is 4.39 Å². The van der Waals surface area contributed by atoms with Crippen molar-refractivity contribution in [3.05, 3.63) is 41.7 Å². The smallest absolute Gasteiger partial charge is 0.165 e. The van der Waals surface area contributed by atoms with E-state index in [2.05, 4.69) is 15.1 Å². The van der Waals surface area contributed by atoms with Crippen LogP contribution in [0.25, 0.3) is 0 Å². The van der Waals surface area contributed by atoms with E-state index >= 15 is 0 Å². The van der Waals surface area contributed by atoms with Crippen LogP contribution in [0.3, 0.4) is 0 Å². The largest absolute Gasteiger partial charge is 0.494 e. The molecule has 7 heteroatoms. The fourth-order valence-electron chi connectivity index (χ4n) is 2.65. The lowest BCUT2D eigenvalue weighted by molar-refractivity contribution is -0.0385. The molecule has 118 valence electrons. The van der Waals surface area contributed by atoms with Gasteiger partial charge in [0.2, 0.25) is 0 Å². The highest BCUT2D eigenvalue weighted by Gasteiger charge is 2.25. The van der Waals surface area contributed by atoms with Gasteiger partial charge in [-0.2, -0.15) is 0 Å². The van der Waals surface area contributed by atoms with E-state index in [0.717, 1.165) is 17.9 Å². The quantitative estimate of drug-likeness (QED) is 0.857. The number of halogens is 1. The van der Waals surface area contributed by atoms with Gasteiger partial charge in [-0.05, 0) is 17.7 Å². The predicted octanol–water partition coefficient (Wildman–Crippen LogP) is 1.54. The molecule has 1 fully saturated rings. The van der Waals surface area contributed by atoms with E-state index in [4.69, 9.17) is 9.47 Å². The van der Waals surface area contributed by atoms with Crippen molar-refractivity contribution in [1.29, 1.82) is 0 Å². The Bertz CT molecular complexity index is 646. The highest BCUT2D eigenvalue weighted by molar-refractivity contribution is 5.29. The monoisotopic (exact) mass is 306 g/mol. The first-order chi connectivity index (χ1) is 10.7. The van der Waals surface area contributed by atoms with Crippen molar-refractivity contribution < 1.29 is 13.9 Å². The summed E-state index contributed by atoms with van der Waals surface area (Å²) < 4.78 is 26.3. The van der Waals surface area contributed by atoms with Crippen molar-refractivity contribution in [2.45, 2.75) is 12.6 Å². The first kappa shape index (κ1) is 14.9. The van der Waals surface area contributed by atoms with Crippen LogP contribution in [0.2, 0.25) is 0 Å². The van der Waals surface area contributed by atoms with Crippen molar-refractivity contribution in [1.82, 2.24) is 19.7 Å². The zero-order chi connectivity index (χ0) is 15.5. The average molecular weight is 306 g/mol. The predicted molar refractivity (Wildman–Crippen MR) is 77.9 cm³/mol. The van der Waals surface area contributed by atoms with Crippen molar-refractivity contribution in [2.24, 2.45) is 7.05 Å². The Hall–Kier alpha value is -1.99. The van der Waals surface area contributed by atoms with Crippen molar-refractivity contribution in [2.75, 3.05) is 26.8 Å². The van der Waals surface area contributed by atoms with Gasteiger partial charge in [-0.3, -0.25) is 4.90 Å². The van der Waals surface area contributed by atoms with E-state index in [1.807, 2.05) is 17.7 Å². The number of benzene rings is 1. The summed E-state index contributed by atoms with van der Waals surface area (Å²) in [6, 6.07) is 5.06. The number of morpholine rings is 1. The number of rotatable bonds is 4. The lowest BCUT2D eigenvalue weighted by Gasteiger charge is -2.32. The molecule has 1 atom stereocenters. The summed E-state index contributed by atoms with van der Waals surface area (Å²) in [6.07, 6.45) is 1.56. The second kappa shape index (κ2) is 6.41. The van der Waals surface area contributed by atoms with Gasteiger partial charge >= 0.3 is 0 Å². The first-order valence-corrected chi connectivity index (χ1v) is 7.17. The van der Waals surface area contributed by atoms with E-state index < -0.39 is 0 Å². The van der Waals surface area contributed by atoms with Crippen LogP contribution >= 0.6 is 0 Å². The van der Waals surface area contributed by atoms with Crippen LogP contribution in [0.15, 0.2) is 24.5 Å². The molecule has 1 aromatic carbocycles. The van der Waals surface area contributed by atoms with Gasteiger partial charge in [-0.25, -0.2) is 4.39 Å². The normalized spacial score (nSPS) is 19.3. The highest BCUT2D eigenvalue weighted by Crippen LogP contribution is 2.23. The van der Waals surface area contributed by atoms with Crippen LogP contribution in [0.1, 0.15) is 17.5 Å². The molecule has 0 aliphatic carbocycles. The maximum atomic E-state index is 13.8. The Kier molecular flexibility index (Phi) is 4.35. The van der Waals surface area contributed by atoms with Crippen LogP contribution in [0, 0.1) is 5.82 Å². The number of aromatic nitrogens is 3. The zero-order valence-electron chi connectivity index (χ0n) is 12.7. The second-order valence-electron chi connectivity index (χ2n) is 5.36. The lowest BCUT2D eigenvalue weighted by atomic mass is 10.1. The summed E-state index contributed by atoms with van der Waals surface area (Å²) in [5, 5.41) is 7.99. The Labute approximate surface area is 128 Å². The molecule has 1 aliphatic heterocycles. The molecule has 2 aromatic rings. The van der Waals surface area contributed by atoms with E-state index in [1.54, 1.807) is 12.4 Å². The van der Waals surface area contributed by atoms with Gasteiger partial charge in [-0.15, -0.1) is 10.2 Å². The summed E-state index contributed by atoms with van der Waals surface area (Å²) in [4.78, 5) is 2.23. The van der Waals surface area contributed by atoms with Gasteiger partial charge in [0.15, 0.2) is 17.4 Å². The third kappa shape index (κ3) is 3.10. The van der Waals surface area contributed by atoms with Gasteiger partial charge in [-0.1, -0.05) is 6.07 Å². The van der Waals surface area contributed by atoms with Gasteiger partial charge in [0.25, 0.3) is 0 Å². The van der Waals surface area contributed by atoms with E-state index in [-0.39, 0.29) is 17.7 Å². The minimum atomic E-state index is -0.335. The SMILES string of the molecule is COc1ccc(CN2CCO[C@H](c3nncn3C)C2)cc1F. The standard InChI is InChI=1S/C15H19FN4O2/c1-19-10-17-18-15(19)14-9-20(5-6-22-14)8-11-3-4-13(21-2)12(16)7-11/h3-4,7,10,14H,5-6,8-9H2,1-2H3/t14-/m0/s1. The number of nitrogens with zero attached hydrogens (tertiary/aromatic N) is 4. The molecule has 0 unspecified atom stereocenters. The summed E-state index contributed by atoms with van der Waals surface area (Å²) in [7, 11) is 3.36. The molecule has 22 heavy (non-hydrogen) atoms. The van der Waals surface area contributed by atoms with Gasteiger partial charge < -0.3 is 14.0 Å². The minimum absolute atomic E-state index is 0.107. The van der Waals surface area contributed by atoms with Crippen LogP contribution in [-0.2, 0) is 18.3 Å². The molecule has 1 aromatic heterocycles. The van der Waals surface area contributed by atoms with E-state index in [1.165, 1.54) is 13.2 Å². The number of ether oxygens (including phenoxy) is 2. The first-order valence-electron chi connectivity index (χ1n) is 7.17. The van der Waals surface area contributed by atoms with Crippen LogP contribution in [-0.4, -0.2) is 46.5 Å². The third-order valence-electron chi connectivity index (χ3n) is 3.81. The number of methoxy groups -OCH3 is 1. The number of aryl methyl sites for hydroxylation is 1. The van der Waals surface area contributed by atoms with Crippen molar-refractivity contribution in [3.63, 3.8) is 0 Å². The molecule has 1 aliphatic rings. The molecule has 0 amide bonds. The Morgan fingerprint density at radius 2 is 2.32 bits per heavy atom. The molecule has 0 saturated carbocycles. The third-order valence-corrected chi connectivity index (χ3v) is 3.81. The van der Waals surface area contributed by atoms with Crippen molar-refractivity contribution in [3.8, 4) is 5.75 Å². The van der Waals surface area contributed by atoms with E-state index in [9.17, 15) is 4.39 Å². The van der Waals surface area contributed by atoms with Crippen molar-refractivity contribution >= 4 is 0 Å². The molecule has 0 N–H and O–H groups in total. The maximum Gasteiger partial charge on any atom is 0.165 e. The lowest BCUT2D eigenvalue weighted by Crippen LogP contribution is -2.38. The van der Waals surface area contributed by atoms with Gasteiger partial charge in [0.1, 0.15) is 12.4 Å². The second-order valence-corrected chi connectivity index (χ2v) is 5.36.